The lowest BCUT2D eigenvalue weighted by molar-refractivity contribution is 0.251. The van der Waals surface area contributed by atoms with Gasteiger partial charge in [-0.25, -0.2) is 0 Å². The van der Waals surface area contributed by atoms with Crippen molar-refractivity contribution < 1.29 is 4.74 Å². The van der Waals surface area contributed by atoms with Gasteiger partial charge in [0, 0.05) is 22.5 Å². The Morgan fingerprint density at radius 1 is 1.20 bits per heavy atom. The number of halogens is 1. The third-order valence-corrected chi connectivity index (χ3v) is 5.16. The molecule has 0 bridgehead atoms. The van der Waals surface area contributed by atoms with Crippen molar-refractivity contribution in [2.45, 2.75) is 51.0 Å². The van der Waals surface area contributed by atoms with Crippen molar-refractivity contribution in [3.63, 3.8) is 0 Å². The Balaban J connectivity index is 1.49. The number of ether oxygens (including phenoxy) is 1. The lowest BCUT2D eigenvalue weighted by Gasteiger charge is -2.27. The van der Waals surface area contributed by atoms with Gasteiger partial charge in [0.25, 0.3) is 0 Å². The molecule has 3 rings (SSSR count). The minimum atomic E-state index is 0.458. The van der Waals surface area contributed by atoms with Crippen LogP contribution in [0.4, 0.5) is 0 Å². The Labute approximate surface area is 130 Å². The third-order valence-electron chi connectivity index (χ3n) is 4.67. The van der Waals surface area contributed by atoms with Crippen molar-refractivity contribution >= 4 is 15.9 Å². The summed E-state index contributed by atoms with van der Waals surface area (Å²) in [6.45, 7) is 1.96. The molecule has 0 amide bonds. The first-order valence-corrected chi connectivity index (χ1v) is 8.78. The highest BCUT2D eigenvalue weighted by Crippen LogP contribution is 2.34. The van der Waals surface area contributed by atoms with Crippen LogP contribution in [0.3, 0.4) is 0 Å². The van der Waals surface area contributed by atoms with Crippen LogP contribution in [0.5, 0.6) is 5.75 Å². The first kappa shape index (κ1) is 14.4. The number of benzene rings is 1. The van der Waals surface area contributed by atoms with Gasteiger partial charge < -0.3 is 10.1 Å². The quantitative estimate of drug-likeness (QED) is 0.776. The van der Waals surface area contributed by atoms with E-state index in [0.717, 1.165) is 35.7 Å². The van der Waals surface area contributed by atoms with E-state index in [1.807, 2.05) is 0 Å². The molecule has 0 saturated heterocycles. The third kappa shape index (κ3) is 3.56. The molecule has 1 N–H and O–H groups in total. The zero-order valence-electron chi connectivity index (χ0n) is 12.0. The molecule has 1 aromatic rings. The highest BCUT2D eigenvalue weighted by atomic mass is 79.9. The summed E-state index contributed by atoms with van der Waals surface area (Å²) in [6, 6.07) is 6.79. The maximum Gasteiger partial charge on any atom is 0.124 e. The predicted octanol–water partition coefficient (Wildman–Crippen LogP) is 4.83. The molecule has 20 heavy (non-hydrogen) atoms. The summed E-state index contributed by atoms with van der Waals surface area (Å²) in [4.78, 5) is 0. The summed E-state index contributed by atoms with van der Waals surface area (Å²) in [5, 5.41) is 3.73. The molecule has 1 atom stereocenters. The van der Waals surface area contributed by atoms with Crippen molar-refractivity contribution in [3.05, 3.63) is 28.2 Å². The van der Waals surface area contributed by atoms with Gasteiger partial charge in [-0.1, -0.05) is 41.6 Å². The van der Waals surface area contributed by atoms with E-state index < -0.39 is 0 Å². The lowest BCUT2D eigenvalue weighted by Crippen LogP contribution is -2.28. The Morgan fingerprint density at radius 3 is 2.90 bits per heavy atom. The summed E-state index contributed by atoms with van der Waals surface area (Å²) in [6.07, 6.45) is 9.64. The highest BCUT2D eigenvalue weighted by Gasteiger charge is 2.21. The normalized spacial score (nSPS) is 22.6. The summed E-state index contributed by atoms with van der Waals surface area (Å²) >= 11 is 3.56. The molecule has 110 valence electrons. The van der Waals surface area contributed by atoms with Gasteiger partial charge in [-0.3, -0.25) is 0 Å². The molecule has 1 saturated carbocycles. The van der Waals surface area contributed by atoms with E-state index in [1.54, 1.807) is 0 Å². The first-order valence-electron chi connectivity index (χ1n) is 7.98. The molecule has 2 aliphatic rings. The van der Waals surface area contributed by atoms with Crippen LogP contribution in [0.15, 0.2) is 22.7 Å². The van der Waals surface area contributed by atoms with Gasteiger partial charge in [-0.15, -0.1) is 0 Å². The number of nitrogens with one attached hydrogen (secondary N) is 1. The SMILES string of the molecule is Brc1ccc2c(c1)C(NCCCC1CCCC1)CCO2. The fourth-order valence-corrected chi connectivity index (χ4v) is 3.92. The van der Waals surface area contributed by atoms with Gasteiger partial charge >= 0.3 is 0 Å². The summed E-state index contributed by atoms with van der Waals surface area (Å²) in [5.74, 6) is 2.06. The average molecular weight is 338 g/mol. The number of fused-ring (bicyclic) bond motifs is 1. The zero-order valence-corrected chi connectivity index (χ0v) is 13.6. The highest BCUT2D eigenvalue weighted by molar-refractivity contribution is 9.10. The van der Waals surface area contributed by atoms with Gasteiger partial charge in [0.15, 0.2) is 0 Å². The molecule has 1 fully saturated rings. The minimum absolute atomic E-state index is 0.458. The van der Waals surface area contributed by atoms with Crippen LogP contribution < -0.4 is 10.1 Å². The van der Waals surface area contributed by atoms with Crippen LogP contribution in [0.1, 0.15) is 56.6 Å². The van der Waals surface area contributed by atoms with E-state index in [9.17, 15) is 0 Å². The van der Waals surface area contributed by atoms with Crippen LogP contribution >= 0.6 is 15.9 Å². The first-order chi connectivity index (χ1) is 9.83. The largest absolute Gasteiger partial charge is 0.493 e. The molecule has 0 spiro atoms. The average Bonchev–Trinajstić information content (AvgIpc) is 2.97. The van der Waals surface area contributed by atoms with E-state index in [4.69, 9.17) is 4.74 Å². The van der Waals surface area contributed by atoms with Gasteiger partial charge in [0.05, 0.1) is 6.61 Å². The second-order valence-corrected chi connectivity index (χ2v) is 7.03. The number of hydrogen-bond acceptors (Lipinski definition) is 2. The fraction of sp³-hybridized carbons (Fsp3) is 0.647. The molecule has 1 unspecified atom stereocenters. The molecule has 2 nitrogen and oxygen atoms in total. The molecule has 0 aromatic heterocycles. The van der Waals surface area contributed by atoms with Crippen molar-refractivity contribution in [3.8, 4) is 5.75 Å². The van der Waals surface area contributed by atoms with Crippen molar-refractivity contribution in [1.29, 1.82) is 0 Å². The Hall–Kier alpha value is -0.540. The number of rotatable bonds is 5. The smallest absolute Gasteiger partial charge is 0.124 e. The summed E-state index contributed by atoms with van der Waals surface area (Å²) in [5.41, 5.74) is 1.31. The van der Waals surface area contributed by atoms with Crippen molar-refractivity contribution in [2.24, 2.45) is 5.92 Å². The predicted molar refractivity (Wildman–Crippen MR) is 86.2 cm³/mol. The van der Waals surface area contributed by atoms with E-state index >= 15 is 0 Å². The molecular formula is C17H24BrNO. The van der Waals surface area contributed by atoms with Crippen LogP contribution in [-0.4, -0.2) is 13.2 Å². The summed E-state index contributed by atoms with van der Waals surface area (Å²) in [7, 11) is 0. The minimum Gasteiger partial charge on any atom is -0.493 e. The molecule has 3 heteroatoms. The van der Waals surface area contributed by atoms with E-state index in [2.05, 4.69) is 39.4 Å². The molecule has 1 aliphatic heterocycles. The van der Waals surface area contributed by atoms with Crippen LogP contribution in [-0.2, 0) is 0 Å². The standard InChI is InChI=1S/C17H24BrNO/c18-14-7-8-17-15(12-14)16(9-11-20-17)19-10-3-6-13-4-1-2-5-13/h7-8,12-13,16,19H,1-6,9-11H2. The van der Waals surface area contributed by atoms with Gasteiger partial charge in [-0.2, -0.15) is 0 Å². The Morgan fingerprint density at radius 2 is 2.05 bits per heavy atom. The fourth-order valence-electron chi connectivity index (χ4n) is 3.54. The van der Waals surface area contributed by atoms with Gasteiger partial charge in [-0.05, 0) is 43.5 Å². The zero-order chi connectivity index (χ0) is 13.8. The van der Waals surface area contributed by atoms with Crippen molar-refractivity contribution in [2.75, 3.05) is 13.2 Å². The molecule has 1 aromatic carbocycles. The maximum atomic E-state index is 5.74. The van der Waals surface area contributed by atoms with Crippen molar-refractivity contribution in [1.82, 2.24) is 5.32 Å². The molecule has 1 heterocycles. The Kier molecular flexibility index (Phi) is 5.00. The molecule has 1 aliphatic carbocycles. The molecule has 0 radical (unpaired) electrons. The number of hydrogen-bond donors (Lipinski definition) is 1. The van der Waals surface area contributed by atoms with Gasteiger partial charge in [0.2, 0.25) is 0 Å². The van der Waals surface area contributed by atoms with Crippen LogP contribution in [0.2, 0.25) is 0 Å². The monoisotopic (exact) mass is 337 g/mol. The molecular weight excluding hydrogens is 314 g/mol. The van der Waals surface area contributed by atoms with E-state index in [1.165, 1.54) is 44.1 Å². The maximum absolute atomic E-state index is 5.74. The second kappa shape index (κ2) is 6.95. The van der Waals surface area contributed by atoms with Crippen LogP contribution in [0.25, 0.3) is 0 Å². The summed E-state index contributed by atoms with van der Waals surface area (Å²) < 4.78 is 6.87. The van der Waals surface area contributed by atoms with E-state index in [0.29, 0.717) is 6.04 Å². The van der Waals surface area contributed by atoms with E-state index in [-0.39, 0.29) is 0 Å². The van der Waals surface area contributed by atoms with Crippen LogP contribution in [0, 0.1) is 5.92 Å². The topological polar surface area (TPSA) is 21.3 Å². The second-order valence-electron chi connectivity index (χ2n) is 6.12. The Bertz CT molecular complexity index is 443. The lowest BCUT2D eigenvalue weighted by atomic mass is 9.99. The van der Waals surface area contributed by atoms with Gasteiger partial charge in [0.1, 0.15) is 5.75 Å².